The summed E-state index contributed by atoms with van der Waals surface area (Å²) in [5.74, 6) is -0.390. The molecule has 6 heteroatoms. The minimum Gasteiger partial charge on any atom is -0.465 e. The van der Waals surface area contributed by atoms with Crippen LogP contribution in [0.15, 0.2) is 97.1 Å². The standard InChI is InChI=1S/C27H24N2O2S2/c1-31-26(30)23-18-22(17-19-11-5-2-6-12-19)33-25(23)29-27(32)28-24(20-13-7-3-8-14-20)21-15-9-4-10-16-21/h2-16,18,24H,17H2,1H3,(H2,28,29,32). The maximum atomic E-state index is 12.4. The summed E-state index contributed by atoms with van der Waals surface area (Å²) >= 11 is 7.17. The van der Waals surface area contributed by atoms with E-state index in [1.165, 1.54) is 24.0 Å². The number of thiocarbonyl (C=S) groups is 1. The molecule has 2 N–H and O–H groups in total. The van der Waals surface area contributed by atoms with Gasteiger partial charge in [0.1, 0.15) is 5.00 Å². The Bertz CT molecular complexity index is 1170. The lowest BCUT2D eigenvalue weighted by Crippen LogP contribution is -2.33. The highest BCUT2D eigenvalue weighted by molar-refractivity contribution is 7.80. The van der Waals surface area contributed by atoms with Gasteiger partial charge in [-0.1, -0.05) is 91.0 Å². The zero-order valence-corrected chi connectivity index (χ0v) is 19.8. The first-order valence-corrected chi connectivity index (χ1v) is 11.8. The van der Waals surface area contributed by atoms with Gasteiger partial charge in [-0.2, -0.15) is 0 Å². The van der Waals surface area contributed by atoms with Crippen molar-refractivity contribution >= 4 is 39.6 Å². The number of carbonyl (C=O) groups excluding carboxylic acids is 1. The molecule has 166 valence electrons. The van der Waals surface area contributed by atoms with Crippen molar-refractivity contribution in [2.24, 2.45) is 0 Å². The molecule has 3 aromatic carbocycles. The molecule has 0 atom stereocenters. The van der Waals surface area contributed by atoms with Crippen LogP contribution in [0.1, 0.15) is 38.0 Å². The van der Waals surface area contributed by atoms with Crippen molar-refractivity contribution in [2.45, 2.75) is 12.5 Å². The molecule has 0 unspecified atom stereocenters. The number of nitrogens with one attached hydrogen (secondary N) is 2. The molecule has 0 saturated heterocycles. The van der Waals surface area contributed by atoms with E-state index in [1.54, 1.807) is 0 Å². The van der Waals surface area contributed by atoms with Gasteiger partial charge in [0.05, 0.1) is 18.7 Å². The fourth-order valence-electron chi connectivity index (χ4n) is 3.60. The molecular weight excluding hydrogens is 448 g/mol. The van der Waals surface area contributed by atoms with E-state index in [1.807, 2.05) is 60.7 Å². The Balaban J connectivity index is 1.56. The molecule has 1 heterocycles. The summed E-state index contributed by atoms with van der Waals surface area (Å²) < 4.78 is 5.01. The van der Waals surface area contributed by atoms with Crippen molar-refractivity contribution < 1.29 is 9.53 Å². The normalized spacial score (nSPS) is 10.6. The number of anilines is 1. The van der Waals surface area contributed by atoms with E-state index < -0.39 is 5.97 Å². The van der Waals surface area contributed by atoms with Gasteiger partial charge in [0, 0.05) is 11.3 Å². The van der Waals surface area contributed by atoms with Gasteiger partial charge < -0.3 is 15.4 Å². The van der Waals surface area contributed by atoms with Crippen LogP contribution in [-0.2, 0) is 11.2 Å². The van der Waals surface area contributed by atoms with Gasteiger partial charge in [0.25, 0.3) is 0 Å². The number of rotatable bonds is 7. The Labute approximate surface area is 203 Å². The van der Waals surface area contributed by atoms with Crippen molar-refractivity contribution in [1.82, 2.24) is 5.32 Å². The number of esters is 1. The maximum Gasteiger partial charge on any atom is 0.340 e. The molecule has 0 saturated carbocycles. The predicted molar refractivity (Wildman–Crippen MR) is 139 cm³/mol. The summed E-state index contributed by atoms with van der Waals surface area (Å²) in [5.41, 5.74) is 3.85. The summed E-state index contributed by atoms with van der Waals surface area (Å²) in [6.45, 7) is 0. The molecule has 0 aliphatic heterocycles. The van der Waals surface area contributed by atoms with Crippen LogP contribution in [0.4, 0.5) is 5.00 Å². The average Bonchev–Trinajstić information content (AvgIpc) is 3.25. The van der Waals surface area contributed by atoms with Gasteiger partial charge in [-0.25, -0.2) is 4.79 Å². The summed E-state index contributed by atoms with van der Waals surface area (Å²) in [6.07, 6.45) is 0.730. The summed E-state index contributed by atoms with van der Waals surface area (Å²) in [5, 5.41) is 7.76. The Kier molecular flexibility index (Phi) is 7.50. The van der Waals surface area contributed by atoms with Crippen LogP contribution >= 0.6 is 23.6 Å². The van der Waals surface area contributed by atoms with Crippen LogP contribution in [0.3, 0.4) is 0 Å². The molecule has 4 aromatic rings. The molecule has 4 nitrogen and oxygen atoms in total. The summed E-state index contributed by atoms with van der Waals surface area (Å²) in [7, 11) is 1.39. The first-order chi connectivity index (χ1) is 16.1. The van der Waals surface area contributed by atoms with E-state index >= 15 is 0 Å². The fourth-order valence-corrected chi connectivity index (χ4v) is 4.97. The third kappa shape index (κ3) is 5.86. The second-order valence-corrected chi connectivity index (χ2v) is 9.01. The maximum absolute atomic E-state index is 12.4. The van der Waals surface area contributed by atoms with Crippen molar-refractivity contribution in [3.05, 3.63) is 124 Å². The Hall–Kier alpha value is -3.48. The third-order valence-electron chi connectivity index (χ3n) is 5.18. The topological polar surface area (TPSA) is 50.4 Å². The van der Waals surface area contributed by atoms with Crippen LogP contribution in [0, 0.1) is 0 Å². The Morgan fingerprint density at radius 3 is 2.00 bits per heavy atom. The predicted octanol–water partition coefficient (Wildman–Crippen LogP) is 6.20. The second kappa shape index (κ2) is 10.9. The molecule has 33 heavy (non-hydrogen) atoms. The van der Waals surface area contributed by atoms with E-state index in [0.717, 1.165) is 22.4 Å². The number of benzene rings is 3. The number of hydrogen-bond donors (Lipinski definition) is 2. The molecular formula is C27H24N2O2S2. The van der Waals surface area contributed by atoms with E-state index in [2.05, 4.69) is 47.0 Å². The monoisotopic (exact) mass is 472 g/mol. The van der Waals surface area contributed by atoms with Crippen molar-refractivity contribution in [1.29, 1.82) is 0 Å². The molecule has 0 fully saturated rings. The Morgan fingerprint density at radius 1 is 0.909 bits per heavy atom. The summed E-state index contributed by atoms with van der Waals surface area (Å²) in [6, 6.07) is 32.2. The first-order valence-electron chi connectivity index (χ1n) is 10.6. The first kappa shape index (κ1) is 22.7. The lowest BCUT2D eigenvalue weighted by molar-refractivity contribution is 0.0602. The lowest BCUT2D eigenvalue weighted by atomic mass is 9.99. The second-order valence-electron chi connectivity index (χ2n) is 7.46. The van der Waals surface area contributed by atoms with Crippen LogP contribution in [0.25, 0.3) is 0 Å². The van der Waals surface area contributed by atoms with Gasteiger partial charge >= 0.3 is 5.97 Å². The molecule has 0 bridgehead atoms. The van der Waals surface area contributed by atoms with Crippen LogP contribution < -0.4 is 10.6 Å². The van der Waals surface area contributed by atoms with E-state index in [4.69, 9.17) is 17.0 Å². The smallest absolute Gasteiger partial charge is 0.340 e. The van der Waals surface area contributed by atoms with Crippen molar-refractivity contribution in [3.63, 3.8) is 0 Å². The molecule has 0 radical (unpaired) electrons. The average molecular weight is 473 g/mol. The quantitative estimate of drug-likeness (QED) is 0.248. The number of hydrogen-bond acceptors (Lipinski definition) is 4. The van der Waals surface area contributed by atoms with E-state index in [9.17, 15) is 4.79 Å². The molecule has 0 aliphatic rings. The highest BCUT2D eigenvalue weighted by Gasteiger charge is 2.20. The zero-order valence-electron chi connectivity index (χ0n) is 18.2. The van der Waals surface area contributed by atoms with Gasteiger partial charge in [-0.15, -0.1) is 11.3 Å². The van der Waals surface area contributed by atoms with E-state index in [-0.39, 0.29) is 6.04 Å². The number of methoxy groups -OCH3 is 1. The SMILES string of the molecule is COC(=O)c1cc(Cc2ccccc2)sc1NC(=S)NC(c1ccccc1)c1ccccc1. The zero-order chi connectivity index (χ0) is 23.0. The highest BCUT2D eigenvalue weighted by atomic mass is 32.1. The van der Waals surface area contributed by atoms with Crippen LogP contribution in [0.2, 0.25) is 0 Å². The Morgan fingerprint density at radius 2 is 1.45 bits per heavy atom. The number of ether oxygens (including phenoxy) is 1. The lowest BCUT2D eigenvalue weighted by Gasteiger charge is -2.22. The van der Waals surface area contributed by atoms with Crippen LogP contribution in [-0.4, -0.2) is 18.2 Å². The number of thiophene rings is 1. The molecule has 0 amide bonds. The van der Waals surface area contributed by atoms with Gasteiger partial charge in [-0.05, 0) is 35.0 Å². The largest absolute Gasteiger partial charge is 0.465 e. The molecule has 0 aliphatic carbocycles. The van der Waals surface area contributed by atoms with Gasteiger partial charge in [-0.3, -0.25) is 0 Å². The van der Waals surface area contributed by atoms with Crippen molar-refractivity contribution in [2.75, 3.05) is 12.4 Å². The van der Waals surface area contributed by atoms with Crippen LogP contribution in [0.5, 0.6) is 0 Å². The molecule has 1 aromatic heterocycles. The minimum atomic E-state index is -0.390. The van der Waals surface area contributed by atoms with Gasteiger partial charge in [0.15, 0.2) is 5.11 Å². The van der Waals surface area contributed by atoms with Crippen molar-refractivity contribution in [3.8, 4) is 0 Å². The molecule has 0 spiro atoms. The van der Waals surface area contributed by atoms with Gasteiger partial charge in [0.2, 0.25) is 0 Å². The fraction of sp³-hybridized carbons (Fsp3) is 0.111. The number of carbonyl (C=O) groups is 1. The highest BCUT2D eigenvalue weighted by Crippen LogP contribution is 2.31. The van der Waals surface area contributed by atoms with E-state index in [0.29, 0.717) is 15.7 Å². The summed E-state index contributed by atoms with van der Waals surface area (Å²) in [4.78, 5) is 13.5. The molecule has 4 rings (SSSR count). The minimum absolute atomic E-state index is 0.127. The third-order valence-corrected chi connectivity index (χ3v) is 6.45.